The average molecular weight is 527 g/mol. The molecule has 186 valence electrons. The topological polar surface area (TPSA) is 92.9 Å². The normalized spacial score (nSPS) is 23.1. The third-order valence-electron chi connectivity index (χ3n) is 7.45. The SMILES string of the molecule is O=C(O)c1ccc(N2C3CCC2CC(OC(=O)c2c(-c4c(Cl)cccc4Cl)noc2C2CC2)C3)cc1. The lowest BCUT2D eigenvalue weighted by Gasteiger charge is -2.40. The molecule has 3 aliphatic rings. The first-order valence-electron chi connectivity index (χ1n) is 12.2. The fraction of sp³-hybridized carbons (Fsp3) is 0.370. The number of halogens is 2. The van der Waals surface area contributed by atoms with Crippen LogP contribution in [0, 0.1) is 0 Å². The number of hydrogen-bond donors (Lipinski definition) is 1. The molecule has 0 radical (unpaired) electrons. The number of ether oxygens (including phenoxy) is 1. The molecule has 2 atom stereocenters. The Hall–Kier alpha value is -3.03. The number of aromatic nitrogens is 1. The molecule has 2 saturated heterocycles. The number of hydrogen-bond acceptors (Lipinski definition) is 6. The maximum Gasteiger partial charge on any atom is 0.344 e. The van der Waals surface area contributed by atoms with E-state index in [1.54, 1.807) is 30.3 Å². The second-order valence-corrected chi connectivity index (χ2v) is 10.6. The van der Waals surface area contributed by atoms with Crippen LogP contribution in [0.2, 0.25) is 10.0 Å². The number of nitrogens with zero attached hydrogens (tertiary/aromatic N) is 2. The summed E-state index contributed by atoms with van der Waals surface area (Å²) in [6.07, 6.45) is 5.05. The van der Waals surface area contributed by atoms with Gasteiger partial charge in [0.2, 0.25) is 0 Å². The molecule has 6 rings (SSSR count). The summed E-state index contributed by atoms with van der Waals surface area (Å²) in [5.74, 6) is -0.688. The summed E-state index contributed by atoms with van der Waals surface area (Å²) in [4.78, 5) is 27.1. The lowest BCUT2D eigenvalue weighted by molar-refractivity contribution is 0.0202. The molecule has 1 N–H and O–H groups in total. The number of carbonyl (C=O) groups excluding carboxylic acids is 1. The van der Waals surface area contributed by atoms with Crippen molar-refractivity contribution < 1.29 is 24.0 Å². The van der Waals surface area contributed by atoms with E-state index in [1.807, 2.05) is 12.1 Å². The molecule has 1 aromatic heterocycles. The van der Waals surface area contributed by atoms with Gasteiger partial charge >= 0.3 is 11.9 Å². The molecule has 3 heterocycles. The van der Waals surface area contributed by atoms with Crippen molar-refractivity contribution >= 4 is 40.8 Å². The van der Waals surface area contributed by atoms with E-state index in [9.17, 15) is 14.7 Å². The fourth-order valence-corrected chi connectivity index (χ4v) is 6.23. The highest BCUT2D eigenvalue weighted by Gasteiger charge is 2.43. The zero-order valence-corrected chi connectivity index (χ0v) is 20.8. The van der Waals surface area contributed by atoms with E-state index in [0.29, 0.717) is 45.5 Å². The maximum atomic E-state index is 13.6. The van der Waals surface area contributed by atoms with Crippen LogP contribution < -0.4 is 4.90 Å². The number of piperidine rings is 1. The van der Waals surface area contributed by atoms with Gasteiger partial charge in [-0.2, -0.15) is 0 Å². The van der Waals surface area contributed by atoms with Crippen molar-refractivity contribution in [2.24, 2.45) is 0 Å². The summed E-state index contributed by atoms with van der Waals surface area (Å²) in [6.45, 7) is 0. The van der Waals surface area contributed by atoms with Gasteiger partial charge in [-0.3, -0.25) is 0 Å². The van der Waals surface area contributed by atoms with Gasteiger partial charge in [0.15, 0.2) is 5.76 Å². The Morgan fingerprint density at radius 3 is 2.19 bits per heavy atom. The quantitative estimate of drug-likeness (QED) is 0.362. The van der Waals surface area contributed by atoms with Crippen molar-refractivity contribution in [1.82, 2.24) is 5.16 Å². The van der Waals surface area contributed by atoms with Crippen LogP contribution in [0.4, 0.5) is 5.69 Å². The fourth-order valence-electron chi connectivity index (χ4n) is 5.65. The van der Waals surface area contributed by atoms with E-state index in [2.05, 4.69) is 10.1 Å². The number of carboxylic acids is 1. The van der Waals surface area contributed by atoms with Crippen LogP contribution >= 0.6 is 23.2 Å². The van der Waals surface area contributed by atoms with Gasteiger partial charge < -0.3 is 19.3 Å². The van der Waals surface area contributed by atoms with Gasteiger partial charge in [0.05, 0.1) is 15.6 Å². The first-order chi connectivity index (χ1) is 17.4. The second-order valence-electron chi connectivity index (χ2n) is 9.78. The first kappa shape index (κ1) is 23.4. The highest BCUT2D eigenvalue weighted by Crippen LogP contribution is 2.47. The van der Waals surface area contributed by atoms with Crippen LogP contribution in [0.5, 0.6) is 0 Å². The van der Waals surface area contributed by atoms with E-state index < -0.39 is 11.9 Å². The Labute approximate surface area is 217 Å². The number of carboxylic acid groups (broad SMARTS) is 1. The minimum absolute atomic E-state index is 0.155. The molecule has 1 saturated carbocycles. The predicted octanol–water partition coefficient (Wildman–Crippen LogP) is 6.58. The van der Waals surface area contributed by atoms with Gasteiger partial charge in [-0.15, -0.1) is 0 Å². The lowest BCUT2D eigenvalue weighted by atomic mass is 9.98. The third-order valence-corrected chi connectivity index (χ3v) is 8.08. The summed E-state index contributed by atoms with van der Waals surface area (Å²) < 4.78 is 11.7. The van der Waals surface area contributed by atoms with Crippen molar-refractivity contribution in [3.8, 4) is 11.3 Å². The van der Waals surface area contributed by atoms with E-state index in [1.165, 1.54) is 0 Å². The highest BCUT2D eigenvalue weighted by atomic mass is 35.5. The van der Waals surface area contributed by atoms with E-state index in [-0.39, 0.29) is 29.7 Å². The maximum absolute atomic E-state index is 13.6. The van der Waals surface area contributed by atoms with E-state index >= 15 is 0 Å². The average Bonchev–Trinajstić information content (AvgIpc) is 3.55. The van der Waals surface area contributed by atoms with Crippen molar-refractivity contribution in [3.63, 3.8) is 0 Å². The minimum Gasteiger partial charge on any atom is -0.478 e. The molecule has 1 aliphatic carbocycles. The molecular formula is C27H24Cl2N2O5. The van der Waals surface area contributed by atoms with Gasteiger partial charge in [-0.05, 0) is 62.1 Å². The molecule has 36 heavy (non-hydrogen) atoms. The molecule has 7 nitrogen and oxygen atoms in total. The number of fused-ring (bicyclic) bond motifs is 2. The Morgan fingerprint density at radius 2 is 1.61 bits per heavy atom. The smallest absolute Gasteiger partial charge is 0.344 e. The molecule has 0 spiro atoms. The highest BCUT2D eigenvalue weighted by molar-refractivity contribution is 6.39. The van der Waals surface area contributed by atoms with Crippen LogP contribution in [-0.4, -0.2) is 40.4 Å². The number of rotatable bonds is 6. The molecule has 3 aromatic rings. The number of aromatic carboxylic acids is 1. The predicted molar refractivity (Wildman–Crippen MR) is 135 cm³/mol. The number of carbonyl (C=O) groups is 2. The first-order valence-corrected chi connectivity index (χ1v) is 12.9. The lowest BCUT2D eigenvalue weighted by Crippen LogP contribution is -2.46. The second kappa shape index (κ2) is 9.12. The number of esters is 1. The Kier molecular flexibility index (Phi) is 5.92. The molecule has 2 bridgehead atoms. The zero-order chi connectivity index (χ0) is 25.0. The third kappa shape index (κ3) is 4.14. The molecule has 2 unspecified atom stereocenters. The monoisotopic (exact) mass is 526 g/mol. The summed E-state index contributed by atoms with van der Waals surface area (Å²) in [7, 11) is 0. The summed E-state index contributed by atoms with van der Waals surface area (Å²) >= 11 is 12.9. The molecular weight excluding hydrogens is 503 g/mol. The zero-order valence-electron chi connectivity index (χ0n) is 19.3. The van der Waals surface area contributed by atoms with E-state index in [0.717, 1.165) is 31.4 Å². The number of anilines is 1. The summed E-state index contributed by atoms with van der Waals surface area (Å²) in [6, 6.07) is 12.6. The van der Waals surface area contributed by atoms with Gasteiger partial charge in [0, 0.05) is 42.1 Å². The molecule has 2 aromatic carbocycles. The van der Waals surface area contributed by atoms with Crippen LogP contribution in [0.3, 0.4) is 0 Å². The van der Waals surface area contributed by atoms with Crippen LogP contribution in [0.15, 0.2) is 47.0 Å². The molecule has 3 fully saturated rings. The molecule has 2 aliphatic heterocycles. The Balaban J connectivity index is 1.23. The summed E-state index contributed by atoms with van der Waals surface area (Å²) in [5.41, 5.74) is 2.40. The van der Waals surface area contributed by atoms with Gasteiger partial charge in [0.1, 0.15) is 17.4 Å². The van der Waals surface area contributed by atoms with Crippen molar-refractivity contribution in [2.45, 2.75) is 62.6 Å². The molecule has 0 amide bonds. The van der Waals surface area contributed by atoms with Crippen molar-refractivity contribution in [1.29, 1.82) is 0 Å². The summed E-state index contributed by atoms with van der Waals surface area (Å²) in [5, 5.41) is 14.2. The van der Waals surface area contributed by atoms with E-state index in [4.69, 9.17) is 32.5 Å². The van der Waals surface area contributed by atoms with Gasteiger partial charge in [0.25, 0.3) is 0 Å². The van der Waals surface area contributed by atoms with Crippen LogP contribution in [-0.2, 0) is 4.74 Å². The van der Waals surface area contributed by atoms with Crippen molar-refractivity contribution in [2.75, 3.05) is 4.90 Å². The number of benzene rings is 2. The van der Waals surface area contributed by atoms with Crippen LogP contribution in [0.1, 0.15) is 70.9 Å². The largest absolute Gasteiger partial charge is 0.478 e. The molecule has 9 heteroatoms. The standard InChI is InChI=1S/C27H24Cl2N2O5/c28-20-2-1-3-21(29)22(20)24-23(25(36-30-24)14-4-5-14)27(34)35-19-12-17-10-11-18(13-19)31(17)16-8-6-15(7-9-16)26(32)33/h1-3,6-9,14,17-19H,4-5,10-13H2,(H,32,33). The van der Waals surface area contributed by atoms with Crippen molar-refractivity contribution in [3.05, 3.63) is 69.4 Å². The minimum atomic E-state index is -0.938. The van der Waals surface area contributed by atoms with Crippen LogP contribution in [0.25, 0.3) is 11.3 Å². The van der Waals surface area contributed by atoms with Gasteiger partial charge in [-0.1, -0.05) is 34.4 Å². The Morgan fingerprint density at radius 1 is 0.972 bits per heavy atom. The van der Waals surface area contributed by atoms with Gasteiger partial charge in [-0.25, -0.2) is 9.59 Å². The Bertz CT molecular complexity index is 1300.